The Hall–Kier alpha value is -1.72. The predicted octanol–water partition coefficient (Wildman–Crippen LogP) is 1.82. The maximum absolute atomic E-state index is 12.4. The molecular weight excluding hydrogens is 222 g/mol. The molecule has 0 aromatic carbocycles. The van der Waals surface area contributed by atoms with E-state index in [0.29, 0.717) is 0 Å². The van der Waals surface area contributed by atoms with E-state index in [2.05, 4.69) is 22.6 Å². The molecule has 0 heterocycles. The molecule has 0 aliphatic heterocycles. The number of hydrogen-bond donors (Lipinski definition) is 0. The summed E-state index contributed by atoms with van der Waals surface area (Å²) in [5, 5.41) is 0. The van der Waals surface area contributed by atoms with E-state index < -0.39 is 37.5 Å². The summed E-state index contributed by atoms with van der Waals surface area (Å²) in [6.45, 7) is 6.11. The second kappa shape index (κ2) is 7.56. The molecule has 0 aromatic heterocycles. The summed E-state index contributed by atoms with van der Waals surface area (Å²) >= 11 is 0. The summed E-state index contributed by atoms with van der Waals surface area (Å²) in [6, 6.07) is 0. The number of carbonyl (C=O) groups excluding carboxylic acids is 2. The summed E-state index contributed by atoms with van der Waals surface area (Å²) in [6.07, 6.45) is -3.04. The Morgan fingerprint density at radius 2 is 1.31 bits per heavy atom. The van der Waals surface area contributed by atoms with E-state index in [0.717, 1.165) is 12.2 Å². The number of carbonyl (C=O) groups is 2. The highest BCUT2D eigenvalue weighted by Crippen LogP contribution is 2.03. The van der Waals surface area contributed by atoms with Crippen molar-refractivity contribution in [2.24, 2.45) is 0 Å². The molecule has 6 heteroatoms. The quantitative estimate of drug-likeness (QED) is 0.498. The van der Waals surface area contributed by atoms with E-state index in [4.69, 9.17) is 0 Å². The molecule has 90 valence electrons. The van der Waals surface area contributed by atoms with Gasteiger partial charge in [0.15, 0.2) is 0 Å². The van der Waals surface area contributed by atoms with Crippen LogP contribution in [0.1, 0.15) is 12.8 Å². The van der Waals surface area contributed by atoms with Crippen molar-refractivity contribution in [3.8, 4) is 0 Å². The minimum atomic E-state index is -1.91. The Labute approximate surface area is 91.5 Å². The SMILES string of the molecule is C=CC(F)OC(=O)CCC(=O)OC(F)C=C. The van der Waals surface area contributed by atoms with E-state index in [1.165, 1.54) is 0 Å². The molecule has 0 spiro atoms. The fraction of sp³-hybridized carbons (Fsp3) is 0.400. The van der Waals surface area contributed by atoms with Gasteiger partial charge in [-0.2, -0.15) is 8.78 Å². The van der Waals surface area contributed by atoms with Crippen LogP contribution in [0.5, 0.6) is 0 Å². The molecule has 0 saturated carbocycles. The topological polar surface area (TPSA) is 52.6 Å². The average Bonchev–Trinajstić information content (AvgIpc) is 2.26. The van der Waals surface area contributed by atoms with Gasteiger partial charge in [0.2, 0.25) is 0 Å². The molecule has 2 atom stereocenters. The molecule has 0 N–H and O–H groups in total. The molecule has 0 radical (unpaired) electrons. The first-order valence-corrected chi connectivity index (χ1v) is 4.41. The Morgan fingerprint density at radius 1 is 1.00 bits per heavy atom. The molecule has 0 amide bonds. The third-order valence-electron chi connectivity index (χ3n) is 1.39. The predicted molar refractivity (Wildman–Crippen MR) is 51.6 cm³/mol. The molecule has 0 aliphatic carbocycles. The first-order chi connectivity index (χ1) is 7.49. The van der Waals surface area contributed by atoms with Crippen LogP contribution < -0.4 is 0 Å². The fourth-order valence-corrected chi connectivity index (χ4v) is 0.669. The van der Waals surface area contributed by atoms with Crippen LogP contribution in [0, 0.1) is 0 Å². The van der Waals surface area contributed by atoms with Gasteiger partial charge in [-0.05, 0) is 12.2 Å². The average molecular weight is 234 g/mol. The van der Waals surface area contributed by atoms with Gasteiger partial charge in [0, 0.05) is 0 Å². The third-order valence-corrected chi connectivity index (χ3v) is 1.39. The number of hydrogen-bond acceptors (Lipinski definition) is 4. The lowest BCUT2D eigenvalue weighted by atomic mass is 10.3. The summed E-state index contributed by atoms with van der Waals surface area (Å²) in [5.74, 6) is -1.86. The minimum absolute atomic E-state index is 0.392. The Kier molecular flexibility index (Phi) is 6.74. The fourth-order valence-electron chi connectivity index (χ4n) is 0.669. The van der Waals surface area contributed by atoms with Crippen molar-refractivity contribution in [2.45, 2.75) is 25.6 Å². The van der Waals surface area contributed by atoms with E-state index in [1.54, 1.807) is 0 Å². The molecule has 2 unspecified atom stereocenters. The molecule has 4 nitrogen and oxygen atoms in total. The van der Waals surface area contributed by atoms with Crippen molar-refractivity contribution in [1.29, 1.82) is 0 Å². The zero-order valence-corrected chi connectivity index (χ0v) is 8.53. The van der Waals surface area contributed by atoms with Gasteiger partial charge in [-0.15, -0.1) is 0 Å². The number of esters is 2. The van der Waals surface area contributed by atoms with Crippen LogP contribution in [-0.2, 0) is 19.1 Å². The van der Waals surface area contributed by atoms with E-state index in [1.807, 2.05) is 0 Å². The minimum Gasteiger partial charge on any atom is -0.427 e. The van der Waals surface area contributed by atoms with E-state index in [9.17, 15) is 18.4 Å². The maximum Gasteiger partial charge on any atom is 0.309 e. The molecule has 0 bridgehead atoms. The van der Waals surface area contributed by atoms with E-state index in [-0.39, 0.29) is 0 Å². The number of rotatable bonds is 7. The van der Waals surface area contributed by atoms with Crippen molar-refractivity contribution >= 4 is 11.9 Å². The van der Waals surface area contributed by atoms with Gasteiger partial charge >= 0.3 is 11.9 Å². The van der Waals surface area contributed by atoms with Gasteiger partial charge in [-0.3, -0.25) is 9.59 Å². The van der Waals surface area contributed by atoms with Crippen LogP contribution in [0.4, 0.5) is 8.78 Å². The van der Waals surface area contributed by atoms with Gasteiger partial charge in [0.05, 0.1) is 12.8 Å². The van der Waals surface area contributed by atoms with Crippen molar-refractivity contribution in [3.63, 3.8) is 0 Å². The second-order valence-corrected chi connectivity index (χ2v) is 2.65. The Balaban J connectivity index is 3.79. The van der Waals surface area contributed by atoms with Gasteiger partial charge in [-0.1, -0.05) is 13.2 Å². The zero-order valence-electron chi connectivity index (χ0n) is 8.53. The summed E-state index contributed by atoms with van der Waals surface area (Å²) in [7, 11) is 0. The monoisotopic (exact) mass is 234 g/mol. The third kappa shape index (κ3) is 6.69. The molecule has 0 aromatic rings. The molecule has 16 heavy (non-hydrogen) atoms. The summed E-state index contributed by atoms with van der Waals surface area (Å²) < 4.78 is 33.1. The highest BCUT2D eigenvalue weighted by molar-refractivity contribution is 5.77. The molecule has 0 rings (SSSR count). The molecular formula is C10H12F2O4. The van der Waals surface area contributed by atoms with Gasteiger partial charge in [0.1, 0.15) is 0 Å². The number of ether oxygens (including phenoxy) is 2. The largest absolute Gasteiger partial charge is 0.427 e. The highest BCUT2D eigenvalue weighted by Gasteiger charge is 2.14. The molecule has 0 aliphatic rings. The first-order valence-electron chi connectivity index (χ1n) is 4.41. The van der Waals surface area contributed by atoms with Gasteiger partial charge < -0.3 is 9.47 Å². The summed E-state index contributed by atoms with van der Waals surface area (Å²) in [5.41, 5.74) is 0. The maximum atomic E-state index is 12.4. The number of alkyl halides is 2. The first kappa shape index (κ1) is 14.3. The highest BCUT2D eigenvalue weighted by atomic mass is 19.1. The Bertz CT molecular complexity index is 250. The van der Waals surface area contributed by atoms with Crippen molar-refractivity contribution in [2.75, 3.05) is 0 Å². The normalized spacial score (nSPS) is 13.4. The standard InChI is InChI=1S/C10H12F2O4/c1-3-7(11)15-9(13)5-6-10(14)16-8(12)4-2/h3-4,7-8H,1-2,5-6H2. The van der Waals surface area contributed by atoms with Crippen molar-refractivity contribution in [3.05, 3.63) is 25.3 Å². The lowest BCUT2D eigenvalue weighted by molar-refractivity contribution is -0.160. The zero-order chi connectivity index (χ0) is 12.6. The van der Waals surface area contributed by atoms with Crippen LogP contribution in [0.25, 0.3) is 0 Å². The van der Waals surface area contributed by atoms with Crippen LogP contribution >= 0.6 is 0 Å². The molecule has 0 saturated heterocycles. The summed E-state index contributed by atoms with van der Waals surface area (Å²) in [4.78, 5) is 21.7. The second-order valence-electron chi connectivity index (χ2n) is 2.65. The van der Waals surface area contributed by atoms with Crippen LogP contribution in [-0.4, -0.2) is 24.7 Å². The lowest BCUT2D eigenvalue weighted by Crippen LogP contribution is -2.15. The van der Waals surface area contributed by atoms with E-state index >= 15 is 0 Å². The lowest BCUT2D eigenvalue weighted by Gasteiger charge is -2.06. The van der Waals surface area contributed by atoms with Gasteiger partial charge in [0.25, 0.3) is 12.7 Å². The molecule has 0 fully saturated rings. The van der Waals surface area contributed by atoms with Crippen LogP contribution in [0.15, 0.2) is 25.3 Å². The van der Waals surface area contributed by atoms with Crippen LogP contribution in [0.2, 0.25) is 0 Å². The van der Waals surface area contributed by atoms with Crippen molar-refractivity contribution in [1.82, 2.24) is 0 Å². The van der Waals surface area contributed by atoms with Crippen molar-refractivity contribution < 1.29 is 27.8 Å². The smallest absolute Gasteiger partial charge is 0.309 e. The Morgan fingerprint density at radius 3 is 1.56 bits per heavy atom. The van der Waals surface area contributed by atoms with Crippen LogP contribution in [0.3, 0.4) is 0 Å². The van der Waals surface area contributed by atoms with Gasteiger partial charge in [-0.25, -0.2) is 0 Å². The number of halogens is 2.